The largest absolute Gasteiger partial charge is 0.495 e. The number of amides is 2. The average molecular weight is 379 g/mol. The van der Waals surface area contributed by atoms with Crippen LogP contribution in [0.1, 0.15) is 35.2 Å². The van der Waals surface area contributed by atoms with Crippen molar-refractivity contribution in [1.29, 1.82) is 0 Å². The summed E-state index contributed by atoms with van der Waals surface area (Å²) < 4.78 is 5.46. The number of carbonyl (C=O) groups is 2. The number of hydrogen-bond acceptors (Lipinski definition) is 4. The number of anilines is 2. The van der Waals surface area contributed by atoms with E-state index in [1.165, 1.54) is 0 Å². The van der Waals surface area contributed by atoms with E-state index in [2.05, 4.69) is 21.6 Å². The molecule has 6 nitrogen and oxygen atoms in total. The summed E-state index contributed by atoms with van der Waals surface area (Å²) >= 11 is 0. The molecule has 0 aliphatic carbocycles. The molecule has 2 heterocycles. The number of piperidine rings is 1. The number of para-hydroxylation sites is 2. The van der Waals surface area contributed by atoms with Crippen molar-refractivity contribution in [2.24, 2.45) is 0 Å². The maximum absolute atomic E-state index is 12.7. The van der Waals surface area contributed by atoms with Gasteiger partial charge in [0.05, 0.1) is 12.8 Å². The summed E-state index contributed by atoms with van der Waals surface area (Å²) in [5, 5.41) is 6.02. The van der Waals surface area contributed by atoms with Gasteiger partial charge in [0.2, 0.25) is 5.91 Å². The summed E-state index contributed by atoms with van der Waals surface area (Å²) in [5.41, 5.74) is 3.60. The van der Waals surface area contributed by atoms with Crippen LogP contribution in [0.25, 0.3) is 0 Å². The highest BCUT2D eigenvalue weighted by atomic mass is 16.5. The van der Waals surface area contributed by atoms with Crippen LogP contribution in [0.2, 0.25) is 0 Å². The van der Waals surface area contributed by atoms with Crippen molar-refractivity contribution in [3.63, 3.8) is 0 Å². The van der Waals surface area contributed by atoms with Gasteiger partial charge in [-0.2, -0.15) is 0 Å². The van der Waals surface area contributed by atoms with Crippen molar-refractivity contribution in [1.82, 2.24) is 5.32 Å². The predicted molar refractivity (Wildman–Crippen MR) is 109 cm³/mol. The van der Waals surface area contributed by atoms with E-state index >= 15 is 0 Å². The van der Waals surface area contributed by atoms with Gasteiger partial charge in [-0.25, -0.2) is 0 Å². The molecule has 0 radical (unpaired) electrons. The molecule has 146 valence electrons. The van der Waals surface area contributed by atoms with Crippen LogP contribution in [0.5, 0.6) is 5.75 Å². The number of fused-ring (bicyclic) bond motifs is 1. The molecule has 0 bridgehead atoms. The summed E-state index contributed by atoms with van der Waals surface area (Å²) in [5.74, 6) is 0.869. The Labute approximate surface area is 164 Å². The lowest BCUT2D eigenvalue weighted by atomic mass is 9.99. The molecule has 0 spiro atoms. The van der Waals surface area contributed by atoms with Gasteiger partial charge in [0, 0.05) is 36.8 Å². The van der Waals surface area contributed by atoms with Crippen molar-refractivity contribution in [2.45, 2.75) is 31.7 Å². The SMILES string of the molecule is COc1ccccc1N1CCC(NC(=O)c2ccc3c(c2)CCC(=O)N3)CC1. The maximum atomic E-state index is 12.7. The number of methoxy groups -OCH3 is 1. The van der Waals surface area contributed by atoms with E-state index in [0.29, 0.717) is 18.4 Å². The van der Waals surface area contributed by atoms with Crippen LogP contribution in [0.15, 0.2) is 42.5 Å². The lowest BCUT2D eigenvalue weighted by Crippen LogP contribution is -2.44. The zero-order chi connectivity index (χ0) is 19.5. The second kappa shape index (κ2) is 7.92. The van der Waals surface area contributed by atoms with Gasteiger partial charge >= 0.3 is 0 Å². The van der Waals surface area contributed by atoms with Crippen LogP contribution in [0.4, 0.5) is 11.4 Å². The molecule has 1 fully saturated rings. The van der Waals surface area contributed by atoms with E-state index in [1.807, 2.05) is 30.3 Å². The minimum Gasteiger partial charge on any atom is -0.495 e. The van der Waals surface area contributed by atoms with Crippen LogP contribution in [-0.4, -0.2) is 38.1 Å². The van der Waals surface area contributed by atoms with Crippen LogP contribution < -0.4 is 20.3 Å². The molecule has 4 rings (SSSR count). The van der Waals surface area contributed by atoms with Gasteiger partial charge in [0.25, 0.3) is 5.91 Å². The Morgan fingerprint density at radius 2 is 1.93 bits per heavy atom. The molecule has 2 N–H and O–H groups in total. The number of benzene rings is 2. The standard InChI is InChI=1S/C22H25N3O3/c1-28-20-5-3-2-4-19(20)25-12-10-17(11-13-25)23-22(27)16-6-8-18-15(14-16)7-9-21(26)24-18/h2-6,8,14,17H,7,9-13H2,1H3,(H,23,27)(H,24,26). The quantitative estimate of drug-likeness (QED) is 0.857. The minimum absolute atomic E-state index is 0.0338. The third-order valence-corrected chi connectivity index (χ3v) is 5.52. The van der Waals surface area contributed by atoms with Gasteiger partial charge in [-0.1, -0.05) is 12.1 Å². The first-order chi connectivity index (χ1) is 13.6. The molecule has 28 heavy (non-hydrogen) atoms. The number of nitrogens with zero attached hydrogens (tertiary/aromatic N) is 1. The summed E-state index contributed by atoms with van der Waals surface area (Å²) in [4.78, 5) is 26.5. The smallest absolute Gasteiger partial charge is 0.251 e. The Balaban J connectivity index is 1.36. The van der Waals surface area contributed by atoms with Gasteiger partial charge in [-0.05, 0) is 55.2 Å². The van der Waals surface area contributed by atoms with Gasteiger partial charge < -0.3 is 20.3 Å². The van der Waals surface area contributed by atoms with Crippen LogP contribution in [0, 0.1) is 0 Å². The van der Waals surface area contributed by atoms with Gasteiger partial charge in [-0.15, -0.1) is 0 Å². The lowest BCUT2D eigenvalue weighted by molar-refractivity contribution is -0.116. The topological polar surface area (TPSA) is 70.7 Å². The third-order valence-electron chi connectivity index (χ3n) is 5.52. The van der Waals surface area contributed by atoms with Crippen molar-refractivity contribution >= 4 is 23.2 Å². The van der Waals surface area contributed by atoms with E-state index < -0.39 is 0 Å². The Kier molecular flexibility index (Phi) is 5.19. The molecule has 6 heteroatoms. The van der Waals surface area contributed by atoms with E-state index in [9.17, 15) is 9.59 Å². The molecule has 0 unspecified atom stereocenters. The van der Waals surface area contributed by atoms with Gasteiger partial charge in [0.15, 0.2) is 0 Å². The molecule has 0 aromatic heterocycles. The first-order valence-electron chi connectivity index (χ1n) is 9.75. The predicted octanol–water partition coefficient (Wildman–Crippen LogP) is 2.98. The fourth-order valence-corrected chi connectivity index (χ4v) is 3.95. The summed E-state index contributed by atoms with van der Waals surface area (Å²) in [6.07, 6.45) is 2.94. The van der Waals surface area contributed by atoms with Gasteiger partial charge in [0.1, 0.15) is 5.75 Å². The fourth-order valence-electron chi connectivity index (χ4n) is 3.95. The van der Waals surface area contributed by atoms with Gasteiger partial charge in [-0.3, -0.25) is 9.59 Å². The molecule has 2 aromatic carbocycles. The molecule has 2 aliphatic heterocycles. The molecule has 2 aromatic rings. The Morgan fingerprint density at radius 3 is 2.71 bits per heavy atom. The highest BCUT2D eigenvalue weighted by Crippen LogP contribution is 2.30. The summed E-state index contributed by atoms with van der Waals surface area (Å²) in [6.45, 7) is 1.75. The lowest BCUT2D eigenvalue weighted by Gasteiger charge is -2.34. The summed E-state index contributed by atoms with van der Waals surface area (Å²) in [6, 6.07) is 13.7. The van der Waals surface area contributed by atoms with Crippen LogP contribution in [-0.2, 0) is 11.2 Å². The number of carbonyl (C=O) groups excluding carboxylic acids is 2. The van der Waals surface area contributed by atoms with Crippen LogP contribution in [0.3, 0.4) is 0 Å². The molecule has 2 amide bonds. The number of hydrogen-bond donors (Lipinski definition) is 2. The number of ether oxygens (including phenoxy) is 1. The highest BCUT2D eigenvalue weighted by Gasteiger charge is 2.23. The second-order valence-electron chi connectivity index (χ2n) is 7.33. The zero-order valence-corrected chi connectivity index (χ0v) is 16.0. The maximum Gasteiger partial charge on any atom is 0.251 e. The molecule has 2 aliphatic rings. The average Bonchev–Trinajstić information content (AvgIpc) is 2.74. The molecular formula is C22H25N3O3. The molecule has 1 saturated heterocycles. The van der Waals surface area contributed by atoms with Crippen molar-refractivity contribution in [3.05, 3.63) is 53.6 Å². The Bertz CT molecular complexity index is 888. The Morgan fingerprint density at radius 1 is 1.14 bits per heavy atom. The highest BCUT2D eigenvalue weighted by molar-refractivity contribution is 5.98. The fraction of sp³-hybridized carbons (Fsp3) is 0.364. The monoisotopic (exact) mass is 379 g/mol. The molecule has 0 saturated carbocycles. The number of aryl methyl sites for hydroxylation is 1. The van der Waals surface area contributed by atoms with Crippen molar-refractivity contribution in [3.8, 4) is 5.75 Å². The van der Waals surface area contributed by atoms with Crippen LogP contribution >= 0.6 is 0 Å². The molecule has 0 atom stereocenters. The zero-order valence-electron chi connectivity index (χ0n) is 16.0. The number of rotatable bonds is 4. The normalized spacial score (nSPS) is 16.9. The second-order valence-corrected chi connectivity index (χ2v) is 7.33. The first kappa shape index (κ1) is 18.3. The first-order valence-corrected chi connectivity index (χ1v) is 9.75. The van der Waals surface area contributed by atoms with E-state index in [-0.39, 0.29) is 17.9 Å². The van der Waals surface area contributed by atoms with E-state index in [0.717, 1.165) is 48.6 Å². The summed E-state index contributed by atoms with van der Waals surface area (Å²) in [7, 11) is 1.69. The minimum atomic E-state index is -0.0459. The van der Waals surface area contributed by atoms with Crippen molar-refractivity contribution in [2.75, 3.05) is 30.4 Å². The van der Waals surface area contributed by atoms with Crippen molar-refractivity contribution < 1.29 is 14.3 Å². The third kappa shape index (κ3) is 3.81. The van der Waals surface area contributed by atoms with E-state index in [4.69, 9.17) is 4.74 Å². The van der Waals surface area contributed by atoms with E-state index in [1.54, 1.807) is 13.2 Å². The number of nitrogens with one attached hydrogen (secondary N) is 2. The molecular weight excluding hydrogens is 354 g/mol. The Hall–Kier alpha value is -3.02.